The van der Waals surface area contributed by atoms with Gasteiger partial charge >= 0.3 is 0 Å². The normalized spacial score (nSPS) is 11.9. The molecular weight excluding hydrogens is 392 g/mol. The summed E-state index contributed by atoms with van der Waals surface area (Å²) in [6.45, 7) is 9.73. The molecule has 0 saturated heterocycles. The Kier molecular flexibility index (Phi) is 5.90. The SMILES string of the molecule is CC(C)c1nn2c(=O)cc(CSc3ccccc3NC(=O)C(C)(C)C)nc2s1. The van der Waals surface area contributed by atoms with Gasteiger partial charge in [-0.2, -0.15) is 9.61 Å². The van der Waals surface area contributed by atoms with Crippen LogP contribution in [0.4, 0.5) is 5.69 Å². The second-order valence-corrected chi connectivity index (χ2v) is 9.87. The second-order valence-electron chi connectivity index (χ2n) is 7.86. The fourth-order valence-electron chi connectivity index (χ4n) is 2.34. The number of hydrogen-bond donors (Lipinski definition) is 1. The number of aromatic nitrogens is 3. The van der Waals surface area contributed by atoms with Crippen molar-refractivity contribution in [1.29, 1.82) is 0 Å². The molecule has 0 atom stereocenters. The first-order valence-electron chi connectivity index (χ1n) is 9.08. The van der Waals surface area contributed by atoms with Gasteiger partial charge in [0.05, 0.1) is 11.4 Å². The minimum absolute atomic E-state index is 0.0378. The van der Waals surface area contributed by atoms with E-state index in [9.17, 15) is 9.59 Å². The van der Waals surface area contributed by atoms with Crippen molar-refractivity contribution in [1.82, 2.24) is 14.6 Å². The lowest BCUT2D eigenvalue weighted by molar-refractivity contribution is -0.123. The van der Waals surface area contributed by atoms with Crippen molar-refractivity contribution in [3.63, 3.8) is 0 Å². The summed E-state index contributed by atoms with van der Waals surface area (Å²) in [5, 5.41) is 8.23. The third-order valence-electron chi connectivity index (χ3n) is 4.00. The maximum atomic E-state index is 12.4. The Balaban J connectivity index is 1.81. The van der Waals surface area contributed by atoms with Gasteiger partial charge in [0.1, 0.15) is 5.01 Å². The number of benzene rings is 1. The van der Waals surface area contributed by atoms with Crippen molar-refractivity contribution in [3.8, 4) is 0 Å². The minimum Gasteiger partial charge on any atom is -0.325 e. The lowest BCUT2D eigenvalue weighted by Gasteiger charge is -2.19. The van der Waals surface area contributed by atoms with Crippen molar-refractivity contribution in [3.05, 3.63) is 51.4 Å². The monoisotopic (exact) mass is 416 g/mol. The van der Waals surface area contributed by atoms with Gasteiger partial charge in [0.15, 0.2) is 0 Å². The smallest absolute Gasteiger partial charge is 0.275 e. The molecule has 28 heavy (non-hydrogen) atoms. The predicted octanol–water partition coefficient (Wildman–Crippen LogP) is 4.55. The van der Waals surface area contributed by atoms with Crippen LogP contribution in [0.15, 0.2) is 40.0 Å². The molecule has 0 fully saturated rings. The standard InChI is InChI=1S/C20H24N4O2S2/c1-12(2)17-23-24-16(25)10-13(21-19(24)28-17)11-27-15-9-7-6-8-14(15)22-18(26)20(3,4)5/h6-10,12H,11H2,1-5H3,(H,22,26). The van der Waals surface area contributed by atoms with Gasteiger partial charge in [-0.3, -0.25) is 9.59 Å². The van der Waals surface area contributed by atoms with Gasteiger partial charge in [-0.25, -0.2) is 4.98 Å². The van der Waals surface area contributed by atoms with Crippen molar-refractivity contribution in [2.24, 2.45) is 5.41 Å². The number of hydrogen-bond acceptors (Lipinski definition) is 6. The molecule has 0 unspecified atom stereocenters. The molecule has 3 rings (SSSR count). The van der Waals surface area contributed by atoms with Crippen LogP contribution in [0.2, 0.25) is 0 Å². The van der Waals surface area contributed by atoms with E-state index < -0.39 is 5.41 Å². The average molecular weight is 417 g/mol. The van der Waals surface area contributed by atoms with E-state index in [0.29, 0.717) is 16.4 Å². The van der Waals surface area contributed by atoms with Crippen molar-refractivity contribution < 1.29 is 4.79 Å². The maximum Gasteiger partial charge on any atom is 0.275 e. The number of carbonyl (C=O) groups excluding carboxylic acids is 1. The highest BCUT2D eigenvalue weighted by molar-refractivity contribution is 7.98. The number of nitrogens with one attached hydrogen (secondary N) is 1. The molecule has 0 spiro atoms. The first kappa shape index (κ1) is 20.5. The average Bonchev–Trinajstić information content (AvgIpc) is 3.05. The molecule has 1 amide bonds. The molecule has 148 valence electrons. The minimum atomic E-state index is -0.473. The molecule has 0 bridgehead atoms. The zero-order valence-corrected chi connectivity index (χ0v) is 18.3. The molecule has 0 aliphatic rings. The lowest BCUT2D eigenvalue weighted by Crippen LogP contribution is -2.27. The van der Waals surface area contributed by atoms with Gasteiger partial charge in [-0.15, -0.1) is 11.8 Å². The molecule has 8 heteroatoms. The summed E-state index contributed by atoms with van der Waals surface area (Å²) < 4.78 is 1.37. The van der Waals surface area contributed by atoms with Gasteiger partial charge in [0.25, 0.3) is 5.56 Å². The second kappa shape index (κ2) is 8.05. The number of carbonyl (C=O) groups is 1. The maximum absolute atomic E-state index is 12.4. The van der Waals surface area contributed by atoms with Gasteiger partial charge in [0, 0.05) is 28.0 Å². The molecule has 6 nitrogen and oxygen atoms in total. The number of anilines is 1. The molecule has 0 aliphatic carbocycles. The van der Waals surface area contributed by atoms with E-state index in [1.165, 1.54) is 21.9 Å². The molecule has 2 heterocycles. The van der Waals surface area contributed by atoms with E-state index in [2.05, 4.69) is 15.4 Å². The van der Waals surface area contributed by atoms with Gasteiger partial charge in [-0.05, 0) is 12.1 Å². The highest BCUT2D eigenvalue weighted by Crippen LogP contribution is 2.31. The first-order chi connectivity index (χ1) is 13.1. The van der Waals surface area contributed by atoms with Crippen molar-refractivity contribution in [2.45, 2.75) is 51.2 Å². The Bertz CT molecular complexity index is 1060. The third kappa shape index (κ3) is 4.62. The molecular formula is C20H24N4O2S2. The largest absolute Gasteiger partial charge is 0.325 e. The van der Waals surface area contributed by atoms with Crippen LogP contribution in [0.25, 0.3) is 4.96 Å². The quantitative estimate of drug-likeness (QED) is 0.618. The number of nitrogens with zero attached hydrogens (tertiary/aromatic N) is 3. The molecule has 1 aromatic carbocycles. The van der Waals surface area contributed by atoms with Crippen LogP contribution < -0.4 is 10.9 Å². The third-order valence-corrected chi connectivity index (χ3v) is 6.32. The summed E-state index contributed by atoms with van der Waals surface area (Å²) in [4.78, 5) is 30.8. The van der Waals surface area contributed by atoms with E-state index in [-0.39, 0.29) is 17.4 Å². The zero-order chi connectivity index (χ0) is 20.5. The van der Waals surface area contributed by atoms with Gasteiger partial charge < -0.3 is 5.32 Å². The Hall–Kier alpha value is -2.19. The first-order valence-corrected chi connectivity index (χ1v) is 10.9. The highest BCUT2D eigenvalue weighted by atomic mass is 32.2. The fourth-order valence-corrected chi connectivity index (χ4v) is 4.16. The Morgan fingerprint density at radius 2 is 2.00 bits per heavy atom. The van der Waals surface area contributed by atoms with E-state index >= 15 is 0 Å². The molecule has 0 aliphatic heterocycles. The summed E-state index contributed by atoms with van der Waals surface area (Å²) in [7, 11) is 0. The zero-order valence-electron chi connectivity index (χ0n) is 16.6. The van der Waals surface area contributed by atoms with Crippen molar-refractivity contribution in [2.75, 3.05) is 5.32 Å². The van der Waals surface area contributed by atoms with Gasteiger partial charge in [0.2, 0.25) is 10.9 Å². The topological polar surface area (TPSA) is 76.4 Å². The summed E-state index contributed by atoms with van der Waals surface area (Å²) in [6, 6.07) is 9.19. The number of para-hydroxylation sites is 1. The van der Waals surface area contributed by atoms with E-state index in [4.69, 9.17) is 0 Å². The molecule has 2 aromatic heterocycles. The van der Waals surface area contributed by atoms with Gasteiger partial charge in [-0.1, -0.05) is 58.1 Å². The summed E-state index contributed by atoms with van der Waals surface area (Å²) in [5.41, 5.74) is 0.827. The number of thioether (sulfide) groups is 1. The van der Waals surface area contributed by atoms with E-state index in [1.54, 1.807) is 11.8 Å². The highest BCUT2D eigenvalue weighted by Gasteiger charge is 2.22. The number of fused-ring (bicyclic) bond motifs is 1. The van der Waals surface area contributed by atoms with E-state index in [0.717, 1.165) is 15.6 Å². The Labute approximate surface area is 172 Å². The van der Waals surface area contributed by atoms with Crippen LogP contribution in [-0.2, 0) is 10.5 Å². The van der Waals surface area contributed by atoms with Crippen molar-refractivity contribution >= 4 is 39.7 Å². The van der Waals surface area contributed by atoms with Crippen LogP contribution in [0.3, 0.4) is 0 Å². The van der Waals surface area contributed by atoms with Crippen LogP contribution >= 0.6 is 23.1 Å². The lowest BCUT2D eigenvalue weighted by atomic mass is 9.95. The Morgan fingerprint density at radius 3 is 2.68 bits per heavy atom. The summed E-state index contributed by atoms with van der Waals surface area (Å²) in [5.74, 6) is 0.745. The van der Waals surface area contributed by atoms with Crippen LogP contribution in [-0.4, -0.2) is 20.5 Å². The predicted molar refractivity (Wildman–Crippen MR) is 115 cm³/mol. The fraction of sp³-hybridized carbons (Fsp3) is 0.400. The molecule has 0 saturated carbocycles. The number of amides is 1. The van der Waals surface area contributed by atoms with E-state index in [1.807, 2.05) is 58.9 Å². The number of rotatable bonds is 5. The van der Waals surface area contributed by atoms with Crippen LogP contribution in [0.5, 0.6) is 0 Å². The molecule has 1 N–H and O–H groups in total. The summed E-state index contributed by atoms with van der Waals surface area (Å²) in [6.07, 6.45) is 0. The Morgan fingerprint density at radius 1 is 1.29 bits per heavy atom. The molecule has 3 aromatic rings. The summed E-state index contributed by atoms with van der Waals surface area (Å²) >= 11 is 2.99. The van der Waals surface area contributed by atoms with Crippen LogP contribution in [0.1, 0.15) is 51.2 Å². The van der Waals surface area contributed by atoms with Crippen LogP contribution in [0, 0.1) is 5.41 Å². The molecule has 0 radical (unpaired) electrons.